The second kappa shape index (κ2) is 10.6. The normalized spacial score (nSPS) is 11.9. The van der Waals surface area contributed by atoms with Crippen LogP contribution in [0.4, 0.5) is 0 Å². The van der Waals surface area contributed by atoms with Crippen molar-refractivity contribution in [3.63, 3.8) is 0 Å². The summed E-state index contributed by atoms with van der Waals surface area (Å²) in [6, 6.07) is 6.72. The van der Waals surface area contributed by atoms with E-state index < -0.39 is 6.10 Å². The zero-order valence-electron chi connectivity index (χ0n) is 14.7. The predicted molar refractivity (Wildman–Crippen MR) is 93.0 cm³/mol. The molecule has 134 valence electrons. The van der Waals surface area contributed by atoms with Crippen LogP contribution in [0.15, 0.2) is 24.3 Å². The third-order valence-corrected chi connectivity index (χ3v) is 3.94. The molecule has 0 fully saturated rings. The summed E-state index contributed by atoms with van der Waals surface area (Å²) >= 11 is 0. The Bertz CT molecular complexity index is 512. The third kappa shape index (κ3) is 6.58. The first-order valence-electron chi connectivity index (χ1n) is 8.47. The molecule has 3 N–H and O–H groups in total. The van der Waals surface area contributed by atoms with Crippen LogP contribution in [0.1, 0.15) is 44.0 Å². The van der Waals surface area contributed by atoms with E-state index in [2.05, 4.69) is 10.6 Å². The van der Waals surface area contributed by atoms with Crippen LogP contribution in [-0.4, -0.2) is 42.7 Å². The summed E-state index contributed by atoms with van der Waals surface area (Å²) < 4.78 is 5.31. The van der Waals surface area contributed by atoms with Crippen molar-refractivity contribution in [2.24, 2.45) is 5.92 Å². The Morgan fingerprint density at radius 1 is 1.08 bits per heavy atom. The topological polar surface area (TPSA) is 87.7 Å². The number of aliphatic hydroxyl groups is 1. The zero-order chi connectivity index (χ0) is 17.9. The van der Waals surface area contributed by atoms with Crippen LogP contribution in [0, 0.1) is 5.92 Å². The van der Waals surface area contributed by atoms with E-state index in [1.807, 2.05) is 20.8 Å². The Kier molecular flexibility index (Phi) is 8.86. The van der Waals surface area contributed by atoms with E-state index in [9.17, 15) is 14.7 Å². The molecule has 0 heterocycles. The first kappa shape index (κ1) is 20.0. The summed E-state index contributed by atoms with van der Waals surface area (Å²) in [5.41, 5.74) is 0.461. The molecule has 0 aliphatic carbocycles. The maximum absolute atomic E-state index is 12.0. The van der Waals surface area contributed by atoms with E-state index in [-0.39, 0.29) is 30.8 Å². The lowest BCUT2D eigenvalue weighted by atomic mass is 9.96. The van der Waals surface area contributed by atoms with Crippen LogP contribution >= 0.6 is 0 Å². The van der Waals surface area contributed by atoms with Crippen LogP contribution < -0.4 is 15.4 Å². The molecule has 1 unspecified atom stereocenters. The Balaban J connectivity index is 2.36. The van der Waals surface area contributed by atoms with Crippen molar-refractivity contribution >= 4 is 11.8 Å². The number of hydrogen-bond donors (Lipinski definition) is 3. The van der Waals surface area contributed by atoms with Crippen molar-refractivity contribution in [2.75, 3.05) is 19.7 Å². The molecular formula is C18H28N2O4. The number of rotatable bonds is 10. The maximum Gasteiger partial charge on any atom is 0.251 e. The van der Waals surface area contributed by atoms with Gasteiger partial charge in [-0.2, -0.15) is 0 Å². The van der Waals surface area contributed by atoms with Gasteiger partial charge < -0.3 is 20.5 Å². The lowest BCUT2D eigenvalue weighted by molar-refractivity contribution is -0.120. The van der Waals surface area contributed by atoms with Gasteiger partial charge in [0.05, 0.1) is 19.3 Å². The van der Waals surface area contributed by atoms with Gasteiger partial charge in [0.2, 0.25) is 5.91 Å². The molecule has 6 nitrogen and oxygen atoms in total. The molecule has 0 saturated carbocycles. The molecule has 2 amide bonds. The number of carbonyl (C=O) groups is 2. The predicted octanol–water partition coefficient (Wildman–Crippen LogP) is 1.73. The molecular weight excluding hydrogens is 308 g/mol. The van der Waals surface area contributed by atoms with E-state index in [1.165, 1.54) is 0 Å². The average Bonchev–Trinajstić information content (AvgIpc) is 2.59. The highest BCUT2D eigenvalue weighted by Crippen LogP contribution is 2.12. The van der Waals surface area contributed by atoms with Gasteiger partial charge in [-0.15, -0.1) is 0 Å². The van der Waals surface area contributed by atoms with Crippen LogP contribution in [0.3, 0.4) is 0 Å². The number of carbonyl (C=O) groups excluding carboxylic acids is 2. The number of nitrogens with one attached hydrogen (secondary N) is 2. The maximum atomic E-state index is 12.0. The van der Waals surface area contributed by atoms with E-state index in [4.69, 9.17) is 4.74 Å². The van der Waals surface area contributed by atoms with Gasteiger partial charge in [0.25, 0.3) is 5.91 Å². The molecule has 1 aromatic carbocycles. The van der Waals surface area contributed by atoms with Crippen molar-refractivity contribution in [3.05, 3.63) is 29.8 Å². The minimum absolute atomic E-state index is 0.123. The second-order valence-electron chi connectivity index (χ2n) is 5.59. The largest absolute Gasteiger partial charge is 0.494 e. The summed E-state index contributed by atoms with van der Waals surface area (Å²) in [5.74, 6) is 0.221. The van der Waals surface area contributed by atoms with E-state index in [1.54, 1.807) is 24.3 Å². The fourth-order valence-electron chi connectivity index (χ4n) is 2.41. The van der Waals surface area contributed by atoms with Gasteiger partial charge in [0.15, 0.2) is 0 Å². The highest BCUT2D eigenvalue weighted by molar-refractivity contribution is 5.96. The van der Waals surface area contributed by atoms with Crippen molar-refractivity contribution in [3.8, 4) is 5.75 Å². The van der Waals surface area contributed by atoms with Gasteiger partial charge in [-0.1, -0.05) is 26.7 Å². The van der Waals surface area contributed by atoms with Crippen molar-refractivity contribution in [1.82, 2.24) is 10.6 Å². The summed E-state index contributed by atoms with van der Waals surface area (Å²) in [6.07, 6.45) is 1.16. The van der Waals surface area contributed by atoms with Crippen LogP contribution in [-0.2, 0) is 4.79 Å². The zero-order valence-corrected chi connectivity index (χ0v) is 14.7. The number of amides is 2. The van der Waals surface area contributed by atoms with Crippen molar-refractivity contribution < 1.29 is 19.4 Å². The quantitative estimate of drug-likeness (QED) is 0.607. The minimum atomic E-state index is -0.564. The average molecular weight is 336 g/mol. The highest BCUT2D eigenvalue weighted by Gasteiger charge is 2.16. The van der Waals surface area contributed by atoms with Gasteiger partial charge in [-0.05, 0) is 37.1 Å². The Morgan fingerprint density at radius 3 is 2.25 bits per heavy atom. The van der Waals surface area contributed by atoms with Gasteiger partial charge in [0.1, 0.15) is 5.75 Å². The molecule has 6 heteroatoms. The Morgan fingerprint density at radius 2 is 1.71 bits per heavy atom. The lowest BCUT2D eigenvalue weighted by Gasteiger charge is -2.20. The molecule has 1 rings (SSSR count). The van der Waals surface area contributed by atoms with Crippen LogP contribution in [0.2, 0.25) is 0 Å². The number of aliphatic hydroxyl groups excluding tert-OH is 1. The monoisotopic (exact) mass is 336 g/mol. The molecule has 1 aromatic rings. The summed E-state index contributed by atoms with van der Waals surface area (Å²) in [5, 5.41) is 15.2. The molecule has 1 atom stereocenters. The van der Waals surface area contributed by atoms with Crippen molar-refractivity contribution in [2.45, 2.75) is 39.7 Å². The molecule has 0 spiro atoms. The smallest absolute Gasteiger partial charge is 0.251 e. The fourth-order valence-corrected chi connectivity index (χ4v) is 2.41. The fraction of sp³-hybridized carbons (Fsp3) is 0.556. The third-order valence-electron chi connectivity index (χ3n) is 3.94. The number of hydrogen-bond acceptors (Lipinski definition) is 4. The standard InChI is InChI=1S/C18H28N2O4/c1-4-13(5-2)16(21)11-19-17(22)12-20-18(23)14-7-9-15(10-8-14)24-6-3/h7-10,13,16,21H,4-6,11-12H2,1-3H3,(H,19,22)(H,20,23). The molecule has 0 aliphatic heterocycles. The van der Waals surface area contributed by atoms with Crippen molar-refractivity contribution in [1.29, 1.82) is 0 Å². The number of benzene rings is 1. The van der Waals surface area contributed by atoms with Gasteiger partial charge in [0, 0.05) is 12.1 Å². The van der Waals surface area contributed by atoms with E-state index in [0.717, 1.165) is 12.8 Å². The molecule has 0 saturated heterocycles. The summed E-state index contributed by atoms with van der Waals surface area (Å²) in [7, 11) is 0. The van der Waals surface area contributed by atoms with Gasteiger partial charge in [-0.25, -0.2) is 0 Å². The first-order valence-corrected chi connectivity index (χ1v) is 8.47. The van der Waals surface area contributed by atoms with Gasteiger partial charge >= 0.3 is 0 Å². The Hall–Kier alpha value is -2.08. The van der Waals surface area contributed by atoms with Crippen LogP contribution in [0.5, 0.6) is 5.75 Å². The molecule has 24 heavy (non-hydrogen) atoms. The minimum Gasteiger partial charge on any atom is -0.494 e. The Labute approximate surface area is 143 Å². The number of ether oxygens (including phenoxy) is 1. The van der Waals surface area contributed by atoms with Gasteiger partial charge in [-0.3, -0.25) is 9.59 Å². The lowest BCUT2D eigenvalue weighted by Crippen LogP contribution is -2.41. The van der Waals surface area contributed by atoms with E-state index >= 15 is 0 Å². The highest BCUT2D eigenvalue weighted by atomic mass is 16.5. The molecule has 0 aliphatic rings. The first-order chi connectivity index (χ1) is 11.5. The van der Waals surface area contributed by atoms with Crippen LogP contribution in [0.25, 0.3) is 0 Å². The molecule has 0 radical (unpaired) electrons. The molecule has 0 bridgehead atoms. The van der Waals surface area contributed by atoms with E-state index in [0.29, 0.717) is 17.9 Å². The molecule has 0 aromatic heterocycles. The second-order valence-corrected chi connectivity index (χ2v) is 5.59. The summed E-state index contributed by atoms with van der Waals surface area (Å²) in [4.78, 5) is 23.7. The SMILES string of the molecule is CCOc1ccc(C(=O)NCC(=O)NCC(O)C(CC)CC)cc1. The summed E-state index contributed by atoms with van der Waals surface area (Å²) in [6.45, 7) is 6.55.